The Morgan fingerprint density at radius 2 is 2.00 bits per heavy atom. The Balaban J connectivity index is 2.60. The number of hydrogen-bond acceptors (Lipinski definition) is 4. The van der Waals surface area contributed by atoms with E-state index in [1.807, 2.05) is 0 Å². The summed E-state index contributed by atoms with van der Waals surface area (Å²) in [6.45, 7) is -0.00565. The van der Waals surface area contributed by atoms with Crippen LogP contribution in [0.25, 0.3) is 0 Å². The molecule has 0 amide bonds. The van der Waals surface area contributed by atoms with Crippen molar-refractivity contribution in [3.8, 4) is 5.75 Å². The number of nitrogens with two attached hydrogens (primary N) is 1. The Kier molecular flexibility index (Phi) is 4.41. The Labute approximate surface area is 102 Å². The number of anilines is 1. The van der Waals surface area contributed by atoms with Gasteiger partial charge < -0.3 is 10.1 Å². The predicted octanol–water partition coefficient (Wildman–Crippen LogP) is 1.29. The van der Waals surface area contributed by atoms with Crippen molar-refractivity contribution in [3.63, 3.8) is 0 Å². The van der Waals surface area contributed by atoms with E-state index >= 15 is 0 Å². The number of sulfonamides is 1. The zero-order chi connectivity index (χ0) is 13.8. The van der Waals surface area contributed by atoms with Crippen LogP contribution < -0.4 is 15.2 Å². The smallest absolute Gasteiger partial charge is 0.406 e. The van der Waals surface area contributed by atoms with Gasteiger partial charge in [-0.25, -0.2) is 13.6 Å². The summed E-state index contributed by atoms with van der Waals surface area (Å²) in [4.78, 5) is 0. The number of rotatable bonds is 5. The first kappa shape index (κ1) is 14.6. The van der Waals surface area contributed by atoms with Crippen LogP contribution in [-0.4, -0.2) is 27.1 Å². The minimum atomic E-state index is -4.76. The molecule has 18 heavy (non-hydrogen) atoms. The van der Waals surface area contributed by atoms with E-state index in [2.05, 4.69) is 10.1 Å². The topological polar surface area (TPSA) is 81.4 Å². The summed E-state index contributed by atoms with van der Waals surface area (Å²) in [6.07, 6.45) is -4.76. The van der Waals surface area contributed by atoms with E-state index in [9.17, 15) is 21.6 Å². The summed E-state index contributed by atoms with van der Waals surface area (Å²) in [5, 5.41) is 7.39. The van der Waals surface area contributed by atoms with E-state index < -0.39 is 16.4 Å². The van der Waals surface area contributed by atoms with Crippen molar-refractivity contribution in [2.75, 3.05) is 17.6 Å². The highest BCUT2D eigenvalue weighted by atomic mass is 32.2. The third kappa shape index (κ3) is 6.30. The maximum atomic E-state index is 11.9. The summed E-state index contributed by atoms with van der Waals surface area (Å²) < 4.78 is 60.8. The molecule has 0 radical (unpaired) electrons. The second-order valence-electron chi connectivity index (χ2n) is 3.37. The normalized spacial score (nSPS) is 12.2. The number of benzene rings is 1. The lowest BCUT2D eigenvalue weighted by atomic mass is 10.3. The molecule has 9 heteroatoms. The lowest BCUT2D eigenvalue weighted by Gasteiger charge is -2.10. The molecule has 3 N–H and O–H groups in total. The average molecular weight is 284 g/mol. The molecule has 1 aromatic rings. The van der Waals surface area contributed by atoms with Crippen molar-refractivity contribution in [2.24, 2.45) is 5.14 Å². The van der Waals surface area contributed by atoms with Gasteiger partial charge in [-0.2, -0.15) is 0 Å². The fourth-order valence-corrected chi connectivity index (χ4v) is 1.53. The number of ether oxygens (including phenoxy) is 1. The number of primary sulfonamides is 1. The average Bonchev–Trinajstić information content (AvgIpc) is 2.13. The van der Waals surface area contributed by atoms with Gasteiger partial charge in [-0.15, -0.1) is 13.2 Å². The van der Waals surface area contributed by atoms with Gasteiger partial charge in [0.1, 0.15) is 5.75 Å². The molecule has 1 aromatic carbocycles. The van der Waals surface area contributed by atoms with Crippen LogP contribution in [0, 0.1) is 0 Å². The van der Waals surface area contributed by atoms with Gasteiger partial charge in [0.15, 0.2) is 0 Å². The molecule has 0 aliphatic carbocycles. The molecule has 0 fully saturated rings. The quantitative estimate of drug-likeness (QED) is 0.853. The van der Waals surface area contributed by atoms with Crippen LogP contribution in [0.4, 0.5) is 18.9 Å². The second-order valence-corrected chi connectivity index (χ2v) is 5.10. The fourth-order valence-electron chi connectivity index (χ4n) is 1.14. The van der Waals surface area contributed by atoms with Gasteiger partial charge in [-0.3, -0.25) is 0 Å². The van der Waals surface area contributed by atoms with Crippen molar-refractivity contribution in [1.29, 1.82) is 0 Å². The minimum Gasteiger partial charge on any atom is -0.406 e. The number of hydrogen-bond donors (Lipinski definition) is 2. The van der Waals surface area contributed by atoms with Gasteiger partial charge in [0.05, 0.1) is 5.75 Å². The number of nitrogens with one attached hydrogen (secondary N) is 1. The largest absolute Gasteiger partial charge is 0.573 e. The summed E-state index contributed by atoms with van der Waals surface area (Å²) >= 11 is 0. The van der Waals surface area contributed by atoms with Crippen LogP contribution in [0.15, 0.2) is 24.3 Å². The highest BCUT2D eigenvalue weighted by Gasteiger charge is 2.31. The van der Waals surface area contributed by atoms with Crippen molar-refractivity contribution < 1.29 is 26.3 Å². The Bertz CT molecular complexity index is 502. The summed E-state index contributed by atoms with van der Waals surface area (Å²) in [7, 11) is -3.61. The van der Waals surface area contributed by atoms with Crippen LogP contribution >= 0.6 is 0 Å². The van der Waals surface area contributed by atoms with Gasteiger partial charge >= 0.3 is 6.36 Å². The Morgan fingerprint density at radius 1 is 1.33 bits per heavy atom. The maximum absolute atomic E-state index is 11.9. The van der Waals surface area contributed by atoms with Gasteiger partial charge in [0, 0.05) is 18.3 Å². The molecule has 5 nitrogen and oxygen atoms in total. The molecule has 0 spiro atoms. The number of halogens is 3. The van der Waals surface area contributed by atoms with E-state index in [0.717, 1.165) is 12.1 Å². The molecule has 0 saturated heterocycles. The Hall–Kier alpha value is -1.48. The van der Waals surface area contributed by atoms with E-state index in [0.29, 0.717) is 5.69 Å². The van der Waals surface area contributed by atoms with E-state index in [4.69, 9.17) is 5.14 Å². The molecule has 0 bridgehead atoms. The van der Waals surface area contributed by atoms with E-state index in [-0.39, 0.29) is 18.0 Å². The van der Waals surface area contributed by atoms with Gasteiger partial charge in [0.2, 0.25) is 10.0 Å². The van der Waals surface area contributed by atoms with Crippen LogP contribution in [0.5, 0.6) is 5.75 Å². The van der Waals surface area contributed by atoms with E-state index in [1.54, 1.807) is 0 Å². The van der Waals surface area contributed by atoms with Crippen molar-refractivity contribution in [2.45, 2.75) is 6.36 Å². The summed E-state index contributed by atoms with van der Waals surface area (Å²) in [5.74, 6) is -0.708. The molecule has 0 heterocycles. The maximum Gasteiger partial charge on any atom is 0.573 e. The van der Waals surface area contributed by atoms with Gasteiger partial charge in [-0.1, -0.05) is 6.07 Å². The molecule has 0 atom stereocenters. The SMILES string of the molecule is NS(=O)(=O)CCNc1cccc(OC(F)(F)F)c1. The minimum absolute atomic E-state index is 0.00565. The van der Waals surface area contributed by atoms with Gasteiger partial charge in [-0.05, 0) is 12.1 Å². The molecule has 0 aromatic heterocycles. The number of alkyl halides is 3. The Morgan fingerprint density at radius 3 is 2.56 bits per heavy atom. The van der Waals surface area contributed by atoms with Crippen LogP contribution in [0.3, 0.4) is 0 Å². The van der Waals surface area contributed by atoms with Crippen LogP contribution in [0.1, 0.15) is 0 Å². The van der Waals surface area contributed by atoms with Crippen molar-refractivity contribution in [1.82, 2.24) is 0 Å². The van der Waals surface area contributed by atoms with E-state index in [1.165, 1.54) is 12.1 Å². The predicted molar refractivity (Wildman–Crippen MR) is 59.6 cm³/mol. The molecule has 102 valence electrons. The molecule has 1 rings (SSSR count). The molecular weight excluding hydrogens is 273 g/mol. The lowest BCUT2D eigenvalue weighted by molar-refractivity contribution is -0.274. The first-order chi connectivity index (χ1) is 8.16. The first-order valence-electron chi connectivity index (χ1n) is 4.76. The first-order valence-corrected chi connectivity index (χ1v) is 6.47. The molecule has 0 saturated carbocycles. The second kappa shape index (κ2) is 5.44. The highest BCUT2D eigenvalue weighted by molar-refractivity contribution is 7.89. The standard InChI is InChI=1S/C9H11F3N2O3S/c10-9(11,12)17-8-3-1-2-7(6-8)14-4-5-18(13,15)16/h1-3,6,14H,4-5H2,(H2,13,15,16). The molecule has 0 unspecified atom stereocenters. The van der Waals surface area contributed by atoms with Crippen molar-refractivity contribution in [3.05, 3.63) is 24.3 Å². The molecule has 0 aliphatic rings. The fraction of sp³-hybridized carbons (Fsp3) is 0.333. The molecular formula is C9H11F3N2O3S. The highest BCUT2D eigenvalue weighted by Crippen LogP contribution is 2.24. The van der Waals surface area contributed by atoms with Gasteiger partial charge in [0.25, 0.3) is 0 Å². The zero-order valence-electron chi connectivity index (χ0n) is 9.07. The monoisotopic (exact) mass is 284 g/mol. The molecule has 0 aliphatic heterocycles. The summed E-state index contributed by atoms with van der Waals surface area (Å²) in [6, 6.07) is 5.07. The van der Waals surface area contributed by atoms with Crippen molar-refractivity contribution >= 4 is 15.7 Å². The van der Waals surface area contributed by atoms with Crippen LogP contribution in [-0.2, 0) is 10.0 Å². The third-order valence-electron chi connectivity index (χ3n) is 1.78. The lowest BCUT2D eigenvalue weighted by Crippen LogP contribution is -2.22. The van der Waals surface area contributed by atoms with Crippen LogP contribution in [0.2, 0.25) is 0 Å². The zero-order valence-corrected chi connectivity index (χ0v) is 9.88. The third-order valence-corrected chi connectivity index (χ3v) is 2.56. The summed E-state index contributed by atoms with van der Waals surface area (Å²) in [5.41, 5.74) is 0.306.